The second-order valence-electron chi connectivity index (χ2n) is 5.62. The van der Waals surface area contributed by atoms with E-state index in [0.717, 1.165) is 0 Å². The average Bonchev–Trinajstić information content (AvgIpc) is 2.54. The summed E-state index contributed by atoms with van der Waals surface area (Å²) in [6, 6.07) is 0. The SMILES string of the molecule is NC[C@H]1O[C@H](OC[C@H]2O[C@H](O)[C@@H](O)[C@@H](O)[C@@H]2O)[C@@H](O)[C@@H](O)[C@@H]1O. The molecule has 0 spiro atoms. The molecule has 0 saturated carbocycles. The van der Waals surface area contributed by atoms with Crippen LogP contribution in [0.15, 0.2) is 0 Å². The number of aliphatic hydroxyl groups is 7. The van der Waals surface area contributed by atoms with E-state index < -0.39 is 68.0 Å². The minimum absolute atomic E-state index is 0.128. The largest absolute Gasteiger partial charge is 0.388 e. The first-order valence-corrected chi connectivity index (χ1v) is 7.17. The van der Waals surface area contributed by atoms with Gasteiger partial charge in [-0.25, -0.2) is 0 Å². The Labute approximate surface area is 131 Å². The van der Waals surface area contributed by atoms with Crippen LogP contribution in [0.2, 0.25) is 0 Å². The second kappa shape index (κ2) is 7.63. The van der Waals surface area contributed by atoms with E-state index in [0.29, 0.717) is 0 Å². The molecule has 0 aromatic carbocycles. The zero-order valence-corrected chi connectivity index (χ0v) is 12.1. The molecule has 23 heavy (non-hydrogen) atoms. The minimum Gasteiger partial charge on any atom is -0.388 e. The van der Waals surface area contributed by atoms with Gasteiger partial charge in [-0.15, -0.1) is 0 Å². The van der Waals surface area contributed by atoms with Gasteiger partial charge in [-0.2, -0.15) is 0 Å². The maximum Gasteiger partial charge on any atom is 0.186 e. The molecule has 136 valence electrons. The molecule has 2 rings (SSSR count). The molecule has 0 aliphatic carbocycles. The molecule has 0 radical (unpaired) electrons. The van der Waals surface area contributed by atoms with Crippen molar-refractivity contribution in [1.82, 2.24) is 0 Å². The maximum atomic E-state index is 9.82. The standard InChI is InChI=1S/C12H23NO10/c13-1-3-5(14)8(17)10(19)12(23-3)21-2-4-6(15)7(16)9(18)11(20)22-4/h3-12,14-20H,1-2,13H2/t3-,4-,5-,6-,7+,8+,9+,10+,11+,12+/m1/s1. The van der Waals surface area contributed by atoms with Crippen molar-refractivity contribution in [2.75, 3.05) is 13.2 Å². The lowest BCUT2D eigenvalue weighted by Crippen LogP contribution is -2.61. The molecule has 0 amide bonds. The number of nitrogens with two attached hydrogens (primary N) is 1. The van der Waals surface area contributed by atoms with Gasteiger partial charge >= 0.3 is 0 Å². The highest BCUT2D eigenvalue weighted by atomic mass is 16.7. The van der Waals surface area contributed by atoms with Crippen LogP contribution in [0.4, 0.5) is 0 Å². The van der Waals surface area contributed by atoms with Gasteiger partial charge in [-0.3, -0.25) is 0 Å². The Bertz CT molecular complexity index is 385. The van der Waals surface area contributed by atoms with E-state index in [-0.39, 0.29) is 6.54 Å². The highest BCUT2D eigenvalue weighted by molar-refractivity contribution is 4.91. The molecule has 11 nitrogen and oxygen atoms in total. The van der Waals surface area contributed by atoms with Crippen LogP contribution >= 0.6 is 0 Å². The predicted molar refractivity (Wildman–Crippen MR) is 70.6 cm³/mol. The predicted octanol–water partition coefficient (Wildman–Crippen LogP) is -5.43. The van der Waals surface area contributed by atoms with Crippen molar-refractivity contribution < 1.29 is 50.0 Å². The Morgan fingerprint density at radius 2 is 1.26 bits per heavy atom. The van der Waals surface area contributed by atoms with Crippen LogP contribution < -0.4 is 5.73 Å². The smallest absolute Gasteiger partial charge is 0.186 e. The monoisotopic (exact) mass is 341 g/mol. The minimum atomic E-state index is -1.72. The summed E-state index contributed by atoms with van der Waals surface area (Å²) >= 11 is 0. The Morgan fingerprint density at radius 1 is 0.696 bits per heavy atom. The maximum absolute atomic E-state index is 9.82. The molecule has 0 unspecified atom stereocenters. The first kappa shape index (κ1) is 18.9. The highest BCUT2D eigenvalue weighted by Crippen LogP contribution is 2.24. The number of hydrogen-bond acceptors (Lipinski definition) is 11. The van der Waals surface area contributed by atoms with Gasteiger partial charge in [-0.05, 0) is 0 Å². The Kier molecular flexibility index (Phi) is 6.27. The molecule has 0 aromatic rings. The summed E-state index contributed by atoms with van der Waals surface area (Å²) in [5, 5.41) is 67.3. The van der Waals surface area contributed by atoms with E-state index in [1.54, 1.807) is 0 Å². The zero-order chi connectivity index (χ0) is 17.3. The average molecular weight is 341 g/mol. The fraction of sp³-hybridized carbons (Fsp3) is 1.00. The normalized spacial score (nSPS) is 51.7. The molecule has 2 fully saturated rings. The molecule has 10 atom stereocenters. The lowest BCUT2D eigenvalue weighted by atomic mass is 9.98. The van der Waals surface area contributed by atoms with Gasteiger partial charge in [0.05, 0.1) is 6.61 Å². The van der Waals surface area contributed by atoms with Crippen LogP contribution in [-0.4, -0.2) is 110 Å². The van der Waals surface area contributed by atoms with E-state index in [1.807, 2.05) is 0 Å². The lowest BCUT2D eigenvalue weighted by Gasteiger charge is -2.42. The van der Waals surface area contributed by atoms with Crippen LogP contribution in [-0.2, 0) is 14.2 Å². The van der Waals surface area contributed by atoms with Crippen LogP contribution in [0.1, 0.15) is 0 Å². The summed E-state index contributed by atoms with van der Waals surface area (Å²) in [5.41, 5.74) is 5.38. The summed E-state index contributed by atoms with van der Waals surface area (Å²) in [5.74, 6) is 0. The van der Waals surface area contributed by atoms with Gasteiger partial charge in [0.2, 0.25) is 0 Å². The third kappa shape index (κ3) is 3.81. The summed E-state index contributed by atoms with van der Waals surface area (Å²) in [6.45, 7) is -0.555. The number of aliphatic hydroxyl groups excluding tert-OH is 7. The van der Waals surface area contributed by atoms with E-state index in [9.17, 15) is 35.7 Å². The van der Waals surface area contributed by atoms with Crippen LogP contribution in [0.3, 0.4) is 0 Å². The number of hydrogen-bond donors (Lipinski definition) is 8. The molecule has 0 aromatic heterocycles. The molecule has 2 aliphatic rings. The van der Waals surface area contributed by atoms with E-state index in [2.05, 4.69) is 0 Å². The van der Waals surface area contributed by atoms with Gasteiger partial charge in [0.25, 0.3) is 0 Å². The first-order chi connectivity index (χ1) is 10.8. The summed E-state index contributed by atoms with van der Waals surface area (Å²) in [6.07, 6.45) is -14.6. The van der Waals surface area contributed by atoms with Crippen molar-refractivity contribution in [2.45, 2.75) is 61.4 Å². The quantitative estimate of drug-likeness (QED) is 0.243. The Morgan fingerprint density at radius 3 is 1.87 bits per heavy atom. The van der Waals surface area contributed by atoms with E-state index in [4.69, 9.17) is 19.9 Å². The fourth-order valence-corrected chi connectivity index (χ4v) is 2.51. The number of rotatable bonds is 4. The Balaban J connectivity index is 1.94. The molecule has 9 N–H and O–H groups in total. The number of ether oxygens (including phenoxy) is 3. The fourth-order valence-electron chi connectivity index (χ4n) is 2.51. The summed E-state index contributed by atoms with van der Waals surface area (Å²) in [7, 11) is 0. The van der Waals surface area contributed by atoms with Crippen LogP contribution in [0.5, 0.6) is 0 Å². The van der Waals surface area contributed by atoms with Crippen molar-refractivity contribution in [3.8, 4) is 0 Å². The van der Waals surface area contributed by atoms with Gasteiger partial charge in [-0.1, -0.05) is 0 Å². The van der Waals surface area contributed by atoms with Gasteiger partial charge in [0.15, 0.2) is 12.6 Å². The van der Waals surface area contributed by atoms with E-state index >= 15 is 0 Å². The first-order valence-electron chi connectivity index (χ1n) is 7.17. The van der Waals surface area contributed by atoms with Crippen molar-refractivity contribution >= 4 is 0 Å². The van der Waals surface area contributed by atoms with Crippen molar-refractivity contribution in [3.05, 3.63) is 0 Å². The molecule has 2 aliphatic heterocycles. The molecule has 2 saturated heterocycles. The van der Waals surface area contributed by atoms with Crippen molar-refractivity contribution in [2.24, 2.45) is 5.73 Å². The molecule has 11 heteroatoms. The molecular formula is C12H23NO10. The van der Waals surface area contributed by atoms with Gasteiger partial charge in [0, 0.05) is 6.54 Å². The topological polar surface area (TPSA) is 195 Å². The molecule has 0 bridgehead atoms. The van der Waals surface area contributed by atoms with Gasteiger partial charge in [0.1, 0.15) is 48.8 Å². The van der Waals surface area contributed by atoms with Gasteiger partial charge < -0.3 is 55.7 Å². The summed E-state index contributed by atoms with van der Waals surface area (Å²) in [4.78, 5) is 0. The van der Waals surface area contributed by atoms with Crippen LogP contribution in [0.25, 0.3) is 0 Å². The lowest BCUT2D eigenvalue weighted by molar-refractivity contribution is -0.322. The molecule has 2 heterocycles. The highest BCUT2D eigenvalue weighted by Gasteiger charge is 2.46. The third-order valence-corrected chi connectivity index (χ3v) is 4.01. The zero-order valence-electron chi connectivity index (χ0n) is 12.1. The molecular weight excluding hydrogens is 318 g/mol. The third-order valence-electron chi connectivity index (χ3n) is 4.01. The van der Waals surface area contributed by atoms with Crippen molar-refractivity contribution in [3.63, 3.8) is 0 Å². The second-order valence-corrected chi connectivity index (χ2v) is 5.62. The van der Waals surface area contributed by atoms with Crippen molar-refractivity contribution in [1.29, 1.82) is 0 Å². The van der Waals surface area contributed by atoms with Crippen LogP contribution in [0, 0.1) is 0 Å². The Hall–Kier alpha value is -0.440. The summed E-state index contributed by atoms with van der Waals surface area (Å²) < 4.78 is 15.3. The van der Waals surface area contributed by atoms with E-state index in [1.165, 1.54) is 0 Å².